The molecule has 1 heterocycles. The normalized spacial score (nSPS) is 23.1. The molecule has 4 atom stereocenters. The minimum Gasteiger partial charge on any atom is -0.391 e. The van der Waals surface area contributed by atoms with E-state index < -0.39 is 29.4 Å². The van der Waals surface area contributed by atoms with Crippen molar-refractivity contribution in [2.45, 2.75) is 70.9 Å². The van der Waals surface area contributed by atoms with Gasteiger partial charge < -0.3 is 26.4 Å². The fourth-order valence-corrected chi connectivity index (χ4v) is 5.65. The van der Waals surface area contributed by atoms with Crippen LogP contribution in [0.3, 0.4) is 0 Å². The Morgan fingerprint density at radius 3 is 2.55 bits per heavy atom. The smallest absolute Gasteiger partial charge is 0.249 e. The van der Waals surface area contributed by atoms with Gasteiger partial charge >= 0.3 is 0 Å². The van der Waals surface area contributed by atoms with Crippen LogP contribution < -0.4 is 16.4 Å². The van der Waals surface area contributed by atoms with E-state index in [0.717, 1.165) is 31.2 Å². The Balaban J connectivity index is 1.90. The molecule has 1 aliphatic heterocycles. The molecule has 1 aromatic rings. The number of aliphatic hydroxyl groups is 1. The molecule has 1 saturated heterocycles. The van der Waals surface area contributed by atoms with Crippen molar-refractivity contribution >= 4 is 17.7 Å². The summed E-state index contributed by atoms with van der Waals surface area (Å²) in [6.07, 6.45) is 8.99. The van der Waals surface area contributed by atoms with Gasteiger partial charge in [-0.2, -0.15) is 0 Å². The Kier molecular flexibility index (Phi) is 11.1. The maximum Gasteiger partial charge on any atom is 0.249 e. The van der Waals surface area contributed by atoms with E-state index in [0.29, 0.717) is 38.0 Å². The fraction of sp³-hybridized carbons (Fsp3) is 0.567. The first-order valence-corrected chi connectivity index (χ1v) is 14.0. The molecule has 8 heteroatoms. The number of amides is 3. The largest absolute Gasteiger partial charge is 0.391 e. The molecular formula is C30H44N4O4. The maximum atomic E-state index is 13.5. The van der Waals surface area contributed by atoms with Crippen LogP contribution >= 0.6 is 0 Å². The molecule has 8 nitrogen and oxygen atoms in total. The molecule has 0 spiro atoms. The molecule has 0 bridgehead atoms. The van der Waals surface area contributed by atoms with E-state index >= 15 is 0 Å². The second-order valence-corrected chi connectivity index (χ2v) is 10.5. The van der Waals surface area contributed by atoms with Gasteiger partial charge in [-0.25, -0.2) is 0 Å². The zero-order chi connectivity index (χ0) is 27.5. The molecule has 3 amide bonds. The van der Waals surface area contributed by atoms with E-state index in [9.17, 15) is 19.5 Å². The highest BCUT2D eigenvalue weighted by Gasteiger charge is 2.48. The number of nitrogens with zero attached hydrogens (tertiary/aromatic N) is 1. The topological polar surface area (TPSA) is 125 Å². The van der Waals surface area contributed by atoms with Gasteiger partial charge in [0, 0.05) is 37.7 Å². The standard InChI is InChI=1S/C30H44N4O4/c1-3-17-34(18-4-2)28(37)23-13-10-15-30(20-23,29(31)38)24(19-22-11-6-5-7-12-22)26(35)21-33-25-14-8-9-16-32-27(25)36/h5-7,10-13,15,24-26,33,35H,3-4,8-9,14,16-21H2,1-2H3,(H2,31,38)(H,32,36)/t24-,25?,26+,30?/m1/s1. The number of benzene rings is 1. The summed E-state index contributed by atoms with van der Waals surface area (Å²) in [4.78, 5) is 41.0. The van der Waals surface area contributed by atoms with Gasteiger partial charge in [-0.05, 0) is 50.5 Å². The molecular weight excluding hydrogens is 480 g/mol. The van der Waals surface area contributed by atoms with Crippen molar-refractivity contribution in [3.8, 4) is 0 Å². The number of hydrogen-bond acceptors (Lipinski definition) is 5. The Morgan fingerprint density at radius 1 is 1.18 bits per heavy atom. The average molecular weight is 525 g/mol. The second-order valence-electron chi connectivity index (χ2n) is 10.5. The first kappa shape index (κ1) is 29.6. The third-order valence-corrected chi connectivity index (χ3v) is 7.71. The zero-order valence-corrected chi connectivity index (χ0v) is 22.8. The van der Waals surface area contributed by atoms with Gasteiger partial charge in [-0.15, -0.1) is 0 Å². The van der Waals surface area contributed by atoms with Crippen LogP contribution in [-0.2, 0) is 20.8 Å². The van der Waals surface area contributed by atoms with E-state index in [1.807, 2.05) is 49.1 Å². The van der Waals surface area contributed by atoms with Gasteiger partial charge in [0.15, 0.2) is 0 Å². The highest BCUT2D eigenvalue weighted by Crippen LogP contribution is 2.43. The summed E-state index contributed by atoms with van der Waals surface area (Å²) in [7, 11) is 0. The molecule has 1 fully saturated rings. The Labute approximate surface area is 226 Å². The highest BCUT2D eigenvalue weighted by molar-refractivity contribution is 5.96. The summed E-state index contributed by atoms with van der Waals surface area (Å²) >= 11 is 0. The van der Waals surface area contributed by atoms with Gasteiger partial charge in [0.1, 0.15) is 0 Å². The number of hydrogen-bond donors (Lipinski definition) is 4. The van der Waals surface area contributed by atoms with Gasteiger partial charge in [0.25, 0.3) is 0 Å². The average Bonchev–Trinajstić information content (AvgIpc) is 3.14. The third kappa shape index (κ3) is 7.32. The van der Waals surface area contributed by atoms with Crippen molar-refractivity contribution in [3.05, 3.63) is 59.7 Å². The SMILES string of the molecule is CCCN(CCC)C(=O)C1=CC=CC(C(N)=O)([C@H](Cc2ccccc2)[C@@H](O)CNC2CCCCNC2=O)C1. The van der Waals surface area contributed by atoms with Gasteiger partial charge in [-0.3, -0.25) is 14.4 Å². The molecule has 3 rings (SSSR count). The number of nitrogens with one attached hydrogen (secondary N) is 2. The van der Waals surface area contributed by atoms with Crippen LogP contribution in [0.5, 0.6) is 0 Å². The van der Waals surface area contributed by atoms with E-state index in [-0.39, 0.29) is 24.8 Å². The lowest BCUT2D eigenvalue weighted by Crippen LogP contribution is -2.53. The lowest BCUT2D eigenvalue weighted by Gasteiger charge is -2.41. The minimum atomic E-state index is -1.26. The van der Waals surface area contributed by atoms with Crippen LogP contribution in [0.4, 0.5) is 0 Å². The summed E-state index contributed by atoms with van der Waals surface area (Å²) in [5.41, 5.74) is 6.32. The molecule has 1 aromatic carbocycles. The summed E-state index contributed by atoms with van der Waals surface area (Å²) in [5.74, 6) is -1.34. The minimum absolute atomic E-state index is 0.0701. The monoisotopic (exact) mass is 524 g/mol. The highest BCUT2D eigenvalue weighted by atomic mass is 16.3. The van der Waals surface area contributed by atoms with Crippen molar-refractivity contribution in [3.63, 3.8) is 0 Å². The van der Waals surface area contributed by atoms with E-state index in [2.05, 4.69) is 10.6 Å². The molecule has 2 unspecified atom stereocenters. The lowest BCUT2D eigenvalue weighted by atomic mass is 9.64. The number of aliphatic hydroxyl groups excluding tert-OH is 1. The molecule has 5 N–H and O–H groups in total. The molecule has 0 radical (unpaired) electrons. The van der Waals surface area contributed by atoms with Crippen LogP contribution in [0.1, 0.15) is 57.9 Å². The quantitative estimate of drug-likeness (QED) is 0.316. The zero-order valence-electron chi connectivity index (χ0n) is 22.8. The van der Waals surface area contributed by atoms with E-state index in [1.165, 1.54) is 0 Å². The number of primary amides is 1. The Morgan fingerprint density at radius 2 is 1.89 bits per heavy atom. The van der Waals surface area contributed by atoms with Crippen LogP contribution in [-0.4, -0.2) is 66.1 Å². The van der Waals surface area contributed by atoms with Crippen molar-refractivity contribution in [1.82, 2.24) is 15.5 Å². The van der Waals surface area contributed by atoms with Gasteiger partial charge in [-0.1, -0.05) is 62.4 Å². The number of nitrogens with two attached hydrogens (primary N) is 1. The van der Waals surface area contributed by atoms with E-state index in [1.54, 1.807) is 18.2 Å². The number of carbonyl (C=O) groups excluding carboxylic acids is 3. The molecule has 2 aliphatic rings. The summed E-state index contributed by atoms with van der Waals surface area (Å²) < 4.78 is 0. The Hall–Kier alpha value is -2.97. The van der Waals surface area contributed by atoms with Crippen molar-refractivity contribution in [1.29, 1.82) is 0 Å². The first-order chi connectivity index (χ1) is 18.3. The molecule has 0 saturated carbocycles. The summed E-state index contributed by atoms with van der Waals surface area (Å²) in [6, 6.07) is 9.27. The Bertz CT molecular complexity index is 1000. The number of rotatable bonds is 13. The van der Waals surface area contributed by atoms with Crippen molar-refractivity contribution in [2.24, 2.45) is 17.1 Å². The van der Waals surface area contributed by atoms with Gasteiger partial charge in [0.2, 0.25) is 17.7 Å². The van der Waals surface area contributed by atoms with Gasteiger partial charge in [0.05, 0.1) is 17.6 Å². The predicted molar refractivity (Wildman–Crippen MR) is 149 cm³/mol. The van der Waals surface area contributed by atoms with Crippen LogP contribution in [0.2, 0.25) is 0 Å². The first-order valence-electron chi connectivity index (χ1n) is 14.0. The fourth-order valence-electron chi connectivity index (χ4n) is 5.65. The molecule has 38 heavy (non-hydrogen) atoms. The van der Waals surface area contributed by atoms with Crippen molar-refractivity contribution < 1.29 is 19.5 Å². The summed E-state index contributed by atoms with van der Waals surface area (Å²) in [5, 5.41) is 17.7. The third-order valence-electron chi connectivity index (χ3n) is 7.71. The lowest BCUT2D eigenvalue weighted by molar-refractivity contribution is -0.132. The number of allylic oxidation sites excluding steroid dienone is 2. The molecule has 0 aromatic heterocycles. The maximum absolute atomic E-state index is 13.5. The second kappa shape index (κ2) is 14.3. The van der Waals surface area contributed by atoms with E-state index in [4.69, 9.17) is 5.73 Å². The molecule has 1 aliphatic carbocycles. The van der Waals surface area contributed by atoms with Crippen LogP contribution in [0, 0.1) is 11.3 Å². The van der Waals surface area contributed by atoms with Crippen LogP contribution in [0.25, 0.3) is 0 Å². The summed E-state index contributed by atoms with van der Waals surface area (Å²) in [6.45, 7) is 6.13. The number of carbonyl (C=O) groups is 3. The molecule has 208 valence electrons. The predicted octanol–water partition coefficient (Wildman–Crippen LogP) is 2.47. The van der Waals surface area contributed by atoms with Crippen molar-refractivity contribution in [2.75, 3.05) is 26.2 Å². The van der Waals surface area contributed by atoms with Crippen LogP contribution in [0.15, 0.2) is 54.1 Å².